The highest BCUT2D eigenvalue weighted by Crippen LogP contribution is 2.22. The Morgan fingerprint density at radius 1 is 1.19 bits per heavy atom. The molecule has 0 spiro atoms. The molecular formula is C20H26N4O3. The third-order valence-corrected chi connectivity index (χ3v) is 4.85. The molecule has 7 nitrogen and oxygen atoms in total. The van der Waals surface area contributed by atoms with Crippen molar-refractivity contribution in [2.75, 3.05) is 45.3 Å². The number of likely N-dealkylation sites (N-methyl/N-ethyl adjacent to an activating group) is 1. The first-order valence-electron chi connectivity index (χ1n) is 9.20. The Bertz CT molecular complexity index is 716. The van der Waals surface area contributed by atoms with E-state index in [0.717, 1.165) is 43.2 Å². The average molecular weight is 370 g/mol. The molecule has 1 aliphatic rings. The zero-order valence-corrected chi connectivity index (χ0v) is 15.9. The molecule has 7 heteroatoms. The van der Waals surface area contributed by atoms with Crippen LogP contribution in [-0.2, 0) is 4.79 Å². The van der Waals surface area contributed by atoms with E-state index in [9.17, 15) is 4.79 Å². The van der Waals surface area contributed by atoms with E-state index in [2.05, 4.69) is 14.9 Å². The summed E-state index contributed by atoms with van der Waals surface area (Å²) in [5.74, 6) is 2.69. The van der Waals surface area contributed by atoms with E-state index in [4.69, 9.17) is 9.47 Å². The maximum atomic E-state index is 12.7. The Hall–Kier alpha value is -2.83. The van der Waals surface area contributed by atoms with Crippen LogP contribution in [0.15, 0.2) is 42.9 Å². The summed E-state index contributed by atoms with van der Waals surface area (Å²) >= 11 is 0. The summed E-state index contributed by atoms with van der Waals surface area (Å²) in [5.41, 5.74) is 0. The Labute approximate surface area is 159 Å². The third kappa shape index (κ3) is 5.09. The molecule has 0 N–H and O–H groups in total. The molecule has 0 atom stereocenters. The predicted octanol–water partition coefficient (Wildman–Crippen LogP) is 2.24. The minimum absolute atomic E-state index is 0.0592. The van der Waals surface area contributed by atoms with Gasteiger partial charge in [0.1, 0.15) is 23.9 Å². The highest BCUT2D eigenvalue weighted by atomic mass is 16.5. The number of benzene rings is 1. The van der Waals surface area contributed by atoms with Gasteiger partial charge < -0.3 is 19.3 Å². The standard InChI is InChI=1S/C20H26N4O3/c1-23(13-14-27-18-5-3-17(26-2)4-6-18)20(25)16-7-11-24(12-8-16)19-15-21-9-10-22-19/h3-6,9-10,15-16H,7-8,11-14H2,1-2H3. The van der Waals surface area contributed by atoms with Crippen molar-refractivity contribution in [2.24, 2.45) is 5.92 Å². The van der Waals surface area contributed by atoms with E-state index in [0.29, 0.717) is 13.2 Å². The highest BCUT2D eigenvalue weighted by molar-refractivity contribution is 5.78. The van der Waals surface area contributed by atoms with Gasteiger partial charge >= 0.3 is 0 Å². The zero-order chi connectivity index (χ0) is 19.1. The van der Waals surface area contributed by atoms with Crippen LogP contribution < -0.4 is 14.4 Å². The van der Waals surface area contributed by atoms with Crippen LogP contribution in [-0.4, -0.2) is 61.2 Å². The summed E-state index contributed by atoms with van der Waals surface area (Å²) in [4.78, 5) is 25.1. The number of anilines is 1. The van der Waals surface area contributed by atoms with Crippen molar-refractivity contribution in [3.8, 4) is 11.5 Å². The molecule has 3 rings (SSSR count). The molecule has 144 valence electrons. The number of carbonyl (C=O) groups excluding carboxylic acids is 1. The predicted molar refractivity (Wildman–Crippen MR) is 103 cm³/mol. The molecule has 1 saturated heterocycles. The first-order chi connectivity index (χ1) is 13.2. The van der Waals surface area contributed by atoms with Gasteiger partial charge in [0.25, 0.3) is 0 Å². The van der Waals surface area contributed by atoms with Crippen molar-refractivity contribution in [3.63, 3.8) is 0 Å². The van der Waals surface area contributed by atoms with E-state index < -0.39 is 0 Å². The van der Waals surface area contributed by atoms with Crippen LogP contribution >= 0.6 is 0 Å². The van der Waals surface area contributed by atoms with Crippen LogP contribution in [0.2, 0.25) is 0 Å². The van der Waals surface area contributed by atoms with Crippen LogP contribution in [0.25, 0.3) is 0 Å². The number of hydrogen-bond donors (Lipinski definition) is 0. The topological polar surface area (TPSA) is 67.8 Å². The maximum absolute atomic E-state index is 12.7. The average Bonchev–Trinajstić information content (AvgIpc) is 2.74. The van der Waals surface area contributed by atoms with E-state index in [1.165, 1.54) is 0 Å². The lowest BCUT2D eigenvalue weighted by Gasteiger charge is -2.33. The number of aromatic nitrogens is 2. The monoisotopic (exact) mass is 370 g/mol. The fraction of sp³-hybridized carbons (Fsp3) is 0.450. The molecule has 0 saturated carbocycles. The summed E-state index contributed by atoms with van der Waals surface area (Å²) in [6, 6.07) is 7.44. The van der Waals surface area contributed by atoms with Gasteiger partial charge in [0, 0.05) is 38.4 Å². The molecule has 1 aliphatic heterocycles. The lowest BCUT2D eigenvalue weighted by Crippen LogP contribution is -2.42. The third-order valence-electron chi connectivity index (χ3n) is 4.85. The van der Waals surface area contributed by atoms with Crippen LogP contribution in [0.5, 0.6) is 11.5 Å². The lowest BCUT2D eigenvalue weighted by atomic mass is 9.95. The molecule has 0 radical (unpaired) electrons. The van der Waals surface area contributed by atoms with E-state index in [1.807, 2.05) is 31.3 Å². The molecular weight excluding hydrogens is 344 g/mol. The van der Waals surface area contributed by atoms with Crippen molar-refractivity contribution in [2.45, 2.75) is 12.8 Å². The lowest BCUT2D eigenvalue weighted by molar-refractivity contribution is -0.135. The van der Waals surface area contributed by atoms with Gasteiger partial charge in [-0.15, -0.1) is 0 Å². The number of ether oxygens (including phenoxy) is 2. The van der Waals surface area contributed by atoms with Gasteiger partial charge in [0.15, 0.2) is 0 Å². The normalized spacial score (nSPS) is 14.7. The van der Waals surface area contributed by atoms with Gasteiger partial charge in [-0.05, 0) is 37.1 Å². The van der Waals surface area contributed by atoms with Gasteiger partial charge in [-0.3, -0.25) is 9.78 Å². The Morgan fingerprint density at radius 3 is 2.52 bits per heavy atom. The Balaban J connectivity index is 1.41. The van der Waals surface area contributed by atoms with Gasteiger partial charge in [0.05, 0.1) is 19.9 Å². The van der Waals surface area contributed by atoms with Crippen molar-refractivity contribution in [1.82, 2.24) is 14.9 Å². The highest BCUT2D eigenvalue weighted by Gasteiger charge is 2.27. The smallest absolute Gasteiger partial charge is 0.225 e. The molecule has 0 bridgehead atoms. The van der Waals surface area contributed by atoms with Crippen LogP contribution in [0, 0.1) is 5.92 Å². The zero-order valence-electron chi connectivity index (χ0n) is 15.9. The van der Waals surface area contributed by atoms with Gasteiger partial charge in [-0.1, -0.05) is 0 Å². The number of rotatable bonds is 7. The summed E-state index contributed by atoms with van der Waals surface area (Å²) < 4.78 is 10.8. The fourth-order valence-corrected chi connectivity index (χ4v) is 3.20. The molecule has 1 fully saturated rings. The maximum Gasteiger partial charge on any atom is 0.225 e. The summed E-state index contributed by atoms with van der Waals surface area (Å²) in [6.45, 7) is 2.68. The van der Waals surface area contributed by atoms with Crippen molar-refractivity contribution >= 4 is 11.7 Å². The minimum atomic E-state index is 0.0592. The molecule has 0 unspecified atom stereocenters. The van der Waals surface area contributed by atoms with Gasteiger partial charge in [0.2, 0.25) is 5.91 Å². The molecule has 1 aromatic carbocycles. The summed E-state index contributed by atoms with van der Waals surface area (Å²) in [7, 11) is 3.48. The van der Waals surface area contributed by atoms with E-state index in [1.54, 1.807) is 30.6 Å². The molecule has 2 aromatic rings. The summed E-state index contributed by atoms with van der Waals surface area (Å²) in [5, 5.41) is 0. The number of amides is 1. The second kappa shape index (κ2) is 9.21. The number of methoxy groups -OCH3 is 1. The number of nitrogens with zero attached hydrogens (tertiary/aromatic N) is 4. The largest absolute Gasteiger partial charge is 0.497 e. The van der Waals surface area contributed by atoms with Crippen LogP contribution in [0.1, 0.15) is 12.8 Å². The van der Waals surface area contributed by atoms with Crippen LogP contribution in [0.3, 0.4) is 0 Å². The van der Waals surface area contributed by atoms with E-state index >= 15 is 0 Å². The first kappa shape index (κ1) is 18.9. The molecule has 2 heterocycles. The van der Waals surface area contributed by atoms with E-state index in [-0.39, 0.29) is 11.8 Å². The molecule has 1 amide bonds. The Kier molecular flexibility index (Phi) is 6.46. The van der Waals surface area contributed by atoms with Crippen molar-refractivity contribution in [1.29, 1.82) is 0 Å². The molecule has 27 heavy (non-hydrogen) atoms. The molecule has 0 aliphatic carbocycles. The van der Waals surface area contributed by atoms with Gasteiger partial charge in [-0.25, -0.2) is 4.98 Å². The Morgan fingerprint density at radius 2 is 1.89 bits per heavy atom. The van der Waals surface area contributed by atoms with Crippen molar-refractivity contribution < 1.29 is 14.3 Å². The molecule has 1 aromatic heterocycles. The second-order valence-corrected chi connectivity index (χ2v) is 6.61. The minimum Gasteiger partial charge on any atom is -0.497 e. The number of hydrogen-bond acceptors (Lipinski definition) is 6. The second-order valence-electron chi connectivity index (χ2n) is 6.61. The SMILES string of the molecule is COc1ccc(OCCN(C)C(=O)C2CCN(c3cnccn3)CC2)cc1. The number of carbonyl (C=O) groups is 1. The summed E-state index contributed by atoms with van der Waals surface area (Å²) in [6.07, 6.45) is 6.80. The van der Waals surface area contributed by atoms with Crippen molar-refractivity contribution in [3.05, 3.63) is 42.9 Å². The quantitative estimate of drug-likeness (QED) is 0.745. The fourth-order valence-electron chi connectivity index (χ4n) is 3.20. The van der Waals surface area contributed by atoms with Gasteiger partial charge in [-0.2, -0.15) is 0 Å². The number of piperidine rings is 1. The first-order valence-corrected chi connectivity index (χ1v) is 9.20. The van der Waals surface area contributed by atoms with Crippen LogP contribution in [0.4, 0.5) is 5.82 Å².